The molecule has 0 unspecified atom stereocenters. The molecule has 14 heteroatoms. The van der Waals surface area contributed by atoms with Crippen LogP contribution in [0.3, 0.4) is 0 Å². The molecule has 4 rings (SSSR count). The number of benzene rings is 2. The Bertz CT molecular complexity index is 1580. The van der Waals surface area contributed by atoms with Crippen molar-refractivity contribution in [2.24, 2.45) is 0 Å². The van der Waals surface area contributed by atoms with Gasteiger partial charge in [0.15, 0.2) is 18.3 Å². The minimum Gasteiger partial charge on any atom is -0.463 e. The first kappa shape index (κ1) is 33.8. The minimum absolute atomic E-state index is 0.0404. The third kappa shape index (κ3) is 8.57. The Hall–Kier alpha value is -4.04. The highest BCUT2D eigenvalue weighted by atomic mass is 35.5. The van der Waals surface area contributed by atoms with Gasteiger partial charge in [-0.15, -0.1) is 11.3 Å². The van der Waals surface area contributed by atoms with Gasteiger partial charge in [0.1, 0.15) is 24.6 Å². The Labute approximate surface area is 267 Å². The number of rotatable bonds is 10. The van der Waals surface area contributed by atoms with Crippen molar-refractivity contribution in [2.45, 2.75) is 64.6 Å². The summed E-state index contributed by atoms with van der Waals surface area (Å²) in [5.41, 5.74) is 3.57. The molecule has 45 heavy (non-hydrogen) atoms. The van der Waals surface area contributed by atoms with E-state index in [0.717, 1.165) is 23.6 Å². The average Bonchev–Trinajstić information content (AvgIpc) is 3.43. The van der Waals surface area contributed by atoms with E-state index in [2.05, 4.69) is 0 Å². The van der Waals surface area contributed by atoms with Gasteiger partial charge in [0.2, 0.25) is 0 Å². The zero-order chi connectivity index (χ0) is 32.8. The third-order valence-electron chi connectivity index (χ3n) is 6.79. The minimum atomic E-state index is -1.30. The molecule has 1 aliphatic heterocycles. The number of carbonyl (C=O) groups is 4. The molecule has 240 valence electrons. The molecule has 2 aromatic carbocycles. The number of anilines is 1. The van der Waals surface area contributed by atoms with Gasteiger partial charge in [-0.05, 0) is 47.0 Å². The van der Waals surface area contributed by atoms with Crippen molar-refractivity contribution in [3.63, 3.8) is 0 Å². The van der Waals surface area contributed by atoms with E-state index < -0.39 is 60.2 Å². The van der Waals surface area contributed by atoms with E-state index in [1.54, 1.807) is 24.3 Å². The molecule has 0 aliphatic carbocycles. The summed E-state index contributed by atoms with van der Waals surface area (Å²) in [5, 5.41) is 9.45. The second kappa shape index (κ2) is 14.8. The lowest BCUT2D eigenvalue weighted by Gasteiger charge is -2.44. The predicted molar refractivity (Wildman–Crippen MR) is 160 cm³/mol. The fourth-order valence-corrected chi connectivity index (χ4v) is 6.19. The zero-order valence-electron chi connectivity index (χ0n) is 24.7. The molecule has 0 radical (unpaired) electrons. The lowest BCUT2D eigenvalue weighted by atomic mass is 9.89. The fraction of sp³-hybridized carbons (Fsp3) is 0.355. The highest BCUT2D eigenvalue weighted by Gasteiger charge is 2.52. The first-order chi connectivity index (χ1) is 21.4. The fourth-order valence-electron chi connectivity index (χ4n) is 4.98. The number of thiophene rings is 1. The molecule has 0 saturated carbocycles. The van der Waals surface area contributed by atoms with Crippen LogP contribution in [0.1, 0.15) is 49.8 Å². The van der Waals surface area contributed by atoms with E-state index in [9.17, 15) is 23.6 Å². The molecule has 3 aromatic rings. The van der Waals surface area contributed by atoms with Crippen molar-refractivity contribution in [1.29, 1.82) is 0 Å². The van der Waals surface area contributed by atoms with E-state index in [1.165, 1.54) is 37.3 Å². The lowest BCUT2D eigenvalue weighted by Crippen LogP contribution is -2.59. The van der Waals surface area contributed by atoms with Gasteiger partial charge in [-0.3, -0.25) is 29.9 Å². The maximum Gasteiger partial charge on any atom is 0.303 e. The maximum absolute atomic E-state index is 14.2. The van der Waals surface area contributed by atoms with Gasteiger partial charge in [0.05, 0.1) is 5.69 Å². The van der Waals surface area contributed by atoms with E-state index in [4.69, 9.17) is 40.5 Å². The molecule has 2 N–H and O–H groups in total. The SMILES string of the molecule is CC(=O)OC[C@H]1O[C@@H](c2ccc(Cl)c(Cc3ccc(-c4ccc(NO)c(F)c4)s3)c2)[C@H](OC(C)=O)[C@@H](OC(C)=O)[C@@H]1OC(C)=O. The van der Waals surface area contributed by atoms with Crippen LogP contribution >= 0.6 is 22.9 Å². The number of halogens is 2. The summed E-state index contributed by atoms with van der Waals surface area (Å²) < 4.78 is 42.2. The zero-order valence-corrected chi connectivity index (χ0v) is 26.3. The molecule has 0 amide bonds. The first-order valence-corrected chi connectivity index (χ1v) is 14.9. The first-order valence-electron chi connectivity index (χ1n) is 13.7. The van der Waals surface area contributed by atoms with E-state index >= 15 is 0 Å². The second-order valence-corrected chi connectivity index (χ2v) is 11.8. The summed E-state index contributed by atoms with van der Waals surface area (Å²) in [7, 11) is 0. The Balaban J connectivity index is 1.69. The third-order valence-corrected chi connectivity index (χ3v) is 8.29. The summed E-state index contributed by atoms with van der Waals surface area (Å²) in [6.07, 6.45) is -5.59. The van der Waals surface area contributed by atoms with Crippen molar-refractivity contribution in [1.82, 2.24) is 0 Å². The maximum atomic E-state index is 14.2. The Morgan fingerprint density at radius 3 is 2.18 bits per heavy atom. The van der Waals surface area contributed by atoms with Crippen LogP contribution in [0.5, 0.6) is 0 Å². The number of ether oxygens (including phenoxy) is 5. The lowest BCUT2D eigenvalue weighted by molar-refractivity contribution is -0.254. The van der Waals surface area contributed by atoms with Gasteiger partial charge < -0.3 is 23.7 Å². The van der Waals surface area contributed by atoms with Gasteiger partial charge in [-0.1, -0.05) is 29.8 Å². The monoisotopic (exact) mass is 663 g/mol. The topological polar surface area (TPSA) is 147 Å². The highest BCUT2D eigenvalue weighted by Crippen LogP contribution is 2.39. The van der Waals surface area contributed by atoms with Crippen LogP contribution < -0.4 is 5.48 Å². The van der Waals surface area contributed by atoms with E-state index in [1.807, 2.05) is 17.6 Å². The van der Waals surface area contributed by atoms with Crippen LogP contribution in [0.15, 0.2) is 48.5 Å². The van der Waals surface area contributed by atoms with Crippen LogP contribution in [-0.2, 0) is 49.3 Å². The molecule has 0 spiro atoms. The smallest absolute Gasteiger partial charge is 0.303 e. The number of carbonyl (C=O) groups excluding carboxylic acids is 4. The standard InChI is InChI=1S/C31H31ClFNO10S/c1-15(35)40-14-26-29(41-16(2)36)31(43-18(4)38)30(42-17(3)37)28(44-26)20-5-8-23(32)21(11-20)12-22-7-10-27(45-22)19-6-9-25(34-39)24(33)13-19/h5-11,13,26,28-31,34,39H,12,14H2,1-4H3/t26-,28+,29-,30+,31+/m1/s1. The summed E-state index contributed by atoms with van der Waals surface area (Å²) in [5.74, 6) is -3.37. The van der Waals surface area contributed by atoms with Crippen LogP contribution in [0, 0.1) is 5.82 Å². The number of nitrogens with one attached hydrogen (secondary N) is 1. The quantitative estimate of drug-likeness (QED) is 0.163. The Morgan fingerprint density at radius 2 is 1.56 bits per heavy atom. The van der Waals surface area contributed by atoms with Crippen LogP contribution in [0.2, 0.25) is 5.02 Å². The highest BCUT2D eigenvalue weighted by molar-refractivity contribution is 7.15. The van der Waals surface area contributed by atoms with Crippen LogP contribution in [0.25, 0.3) is 10.4 Å². The molecule has 1 fully saturated rings. The van der Waals surface area contributed by atoms with Crippen molar-refractivity contribution < 1.29 is 52.5 Å². The summed E-state index contributed by atoms with van der Waals surface area (Å²) in [6, 6.07) is 13.2. The molecule has 2 heterocycles. The average molecular weight is 664 g/mol. The van der Waals surface area contributed by atoms with Crippen LogP contribution in [0.4, 0.5) is 10.1 Å². The molecule has 1 aromatic heterocycles. The number of hydrogen-bond donors (Lipinski definition) is 2. The Kier molecular flexibility index (Phi) is 11.2. The van der Waals surface area contributed by atoms with Crippen LogP contribution in [-0.4, -0.2) is 60.1 Å². The van der Waals surface area contributed by atoms with Gasteiger partial charge >= 0.3 is 23.9 Å². The van der Waals surface area contributed by atoms with Gasteiger partial charge in [-0.2, -0.15) is 0 Å². The largest absolute Gasteiger partial charge is 0.463 e. The number of hydrogen-bond acceptors (Lipinski definition) is 12. The molecule has 0 bridgehead atoms. The van der Waals surface area contributed by atoms with Crippen molar-refractivity contribution in [3.8, 4) is 10.4 Å². The van der Waals surface area contributed by atoms with Crippen molar-refractivity contribution >= 4 is 52.5 Å². The molecule has 5 atom stereocenters. The summed E-state index contributed by atoms with van der Waals surface area (Å²) in [6.45, 7) is 4.34. The molecule has 11 nitrogen and oxygen atoms in total. The van der Waals surface area contributed by atoms with Gasteiger partial charge in [-0.25, -0.2) is 4.39 Å². The second-order valence-electron chi connectivity index (χ2n) is 10.2. The van der Waals surface area contributed by atoms with E-state index in [0.29, 0.717) is 28.1 Å². The van der Waals surface area contributed by atoms with Crippen molar-refractivity contribution in [2.75, 3.05) is 12.1 Å². The van der Waals surface area contributed by atoms with Gasteiger partial charge in [0, 0.05) is 48.9 Å². The van der Waals surface area contributed by atoms with Gasteiger partial charge in [0.25, 0.3) is 0 Å². The summed E-state index contributed by atoms with van der Waals surface area (Å²) in [4.78, 5) is 49.8. The molecular formula is C31H31ClFNO10S. The number of esters is 4. The molecule has 1 aliphatic rings. The summed E-state index contributed by atoms with van der Waals surface area (Å²) >= 11 is 8.01. The normalized spacial score (nSPS) is 21.0. The van der Waals surface area contributed by atoms with E-state index in [-0.39, 0.29) is 12.3 Å². The Morgan fingerprint density at radius 1 is 0.889 bits per heavy atom. The predicted octanol–water partition coefficient (Wildman–Crippen LogP) is 5.40. The molecular weight excluding hydrogens is 633 g/mol. The molecule has 1 saturated heterocycles. The van der Waals surface area contributed by atoms with Crippen molar-refractivity contribution in [3.05, 3.63) is 75.4 Å².